The van der Waals surface area contributed by atoms with Crippen LogP contribution in [0.4, 0.5) is 24.5 Å². The van der Waals surface area contributed by atoms with E-state index in [0.717, 1.165) is 17.7 Å². The van der Waals surface area contributed by atoms with Crippen molar-refractivity contribution < 1.29 is 31.1 Å². The van der Waals surface area contributed by atoms with Gasteiger partial charge in [0.25, 0.3) is 15.9 Å². The number of hydrogen-bond acceptors (Lipinski definition) is 4. The van der Waals surface area contributed by atoms with Crippen molar-refractivity contribution >= 4 is 27.3 Å². The number of hydrogen-bond donors (Lipinski definition) is 2. The lowest BCUT2D eigenvalue weighted by atomic mass is 10.1. The second kappa shape index (κ2) is 8.91. The molecule has 6 nitrogen and oxygen atoms in total. The maximum atomic E-state index is 12.9. The monoisotopic (exact) mass is 464 g/mol. The molecule has 0 aliphatic carbocycles. The standard InChI is InChI=1S/C22H19F3N2O4S/c1-14-5-3-4-6-19(14)27-32(29,30)20-13-16(8-7-15(20)2)21(28)26-17-9-11-18(12-10-17)31-22(23,24)25/h3-13,27H,1-2H3,(H,26,28). The third kappa shape index (κ3) is 5.79. The van der Waals surface area contributed by atoms with E-state index in [-0.39, 0.29) is 16.1 Å². The molecule has 2 N–H and O–H groups in total. The summed E-state index contributed by atoms with van der Waals surface area (Å²) in [5.74, 6) is -1.05. The van der Waals surface area contributed by atoms with Gasteiger partial charge < -0.3 is 10.1 Å². The van der Waals surface area contributed by atoms with Crippen LogP contribution in [0.3, 0.4) is 0 Å². The Balaban J connectivity index is 1.80. The molecule has 0 atom stereocenters. The molecule has 0 unspecified atom stereocenters. The minimum atomic E-state index is -4.82. The van der Waals surface area contributed by atoms with Crippen molar-refractivity contribution in [3.05, 3.63) is 83.4 Å². The molecule has 3 aromatic rings. The van der Waals surface area contributed by atoms with Crippen molar-refractivity contribution in [1.82, 2.24) is 0 Å². The number of halogens is 3. The first kappa shape index (κ1) is 23.1. The minimum Gasteiger partial charge on any atom is -0.406 e. The predicted octanol–water partition coefficient (Wildman–Crippen LogP) is 5.26. The number of carbonyl (C=O) groups excluding carboxylic acids is 1. The summed E-state index contributed by atoms with van der Waals surface area (Å²) >= 11 is 0. The molecule has 0 heterocycles. The van der Waals surface area contributed by atoms with Crippen molar-refractivity contribution in [2.24, 2.45) is 0 Å². The van der Waals surface area contributed by atoms with Crippen LogP contribution in [-0.4, -0.2) is 20.7 Å². The van der Waals surface area contributed by atoms with Crippen LogP contribution >= 0.6 is 0 Å². The Labute approximate surface area is 183 Å². The van der Waals surface area contributed by atoms with E-state index in [2.05, 4.69) is 14.8 Å². The number of nitrogens with one attached hydrogen (secondary N) is 2. The number of amides is 1. The van der Waals surface area contributed by atoms with E-state index in [1.54, 1.807) is 38.1 Å². The summed E-state index contributed by atoms with van der Waals surface area (Å²) < 4.78 is 68.9. The Hall–Kier alpha value is -3.53. The fraction of sp³-hybridized carbons (Fsp3) is 0.136. The fourth-order valence-electron chi connectivity index (χ4n) is 2.86. The molecule has 0 saturated carbocycles. The summed E-state index contributed by atoms with van der Waals surface area (Å²) in [5.41, 5.74) is 1.88. The number of sulfonamides is 1. The SMILES string of the molecule is Cc1ccccc1NS(=O)(=O)c1cc(C(=O)Nc2ccc(OC(F)(F)F)cc2)ccc1C. The summed E-state index contributed by atoms with van der Waals surface area (Å²) in [6.45, 7) is 3.37. The van der Waals surface area contributed by atoms with Crippen LogP contribution in [0.2, 0.25) is 0 Å². The topological polar surface area (TPSA) is 84.5 Å². The van der Waals surface area contributed by atoms with Crippen LogP contribution < -0.4 is 14.8 Å². The summed E-state index contributed by atoms with van der Waals surface area (Å²) in [5, 5.41) is 2.51. The third-order valence-electron chi connectivity index (χ3n) is 4.48. The first-order chi connectivity index (χ1) is 14.9. The molecule has 3 aromatic carbocycles. The number of alkyl halides is 3. The van der Waals surface area contributed by atoms with Crippen molar-refractivity contribution in [2.45, 2.75) is 25.1 Å². The molecule has 0 radical (unpaired) electrons. The van der Waals surface area contributed by atoms with Crippen LogP contribution in [0.1, 0.15) is 21.5 Å². The smallest absolute Gasteiger partial charge is 0.406 e. The summed E-state index contributed by atoms with van der Waals surface area (Å²) in [6, 6.07) is 15.7. The normalized spacial score (nSPS) is 11.7. The molecule has 3 rings (SSSR count). The number of para-hydroxylation sites is 1. The van der Waals surface area contributed by atoms with Gasteiger partial charge in [0.15, 0.2) is 0 Å². The zero-order chi connectivity index (χ0) is 23.5. The molecule has 10 heteroatoms. The molecule has 32 heavy (non-hydrogen) atoms. The van der Waals surface area contributed by atoms with Gasteiger partial charge in [0, 0.05) is 11.3 Å². The lowest BCUT2D eigenvalue weighted by Gasteiger charge is -2.14. The van der Waals surface area contributed by atoms with E-state index in [0.29, 0.717) is 11.3 Å². The molecule has 0 spiro atoms. The first-order valence-electron chi connectivity index (χ1n) is 9.31. The zero-order valence-corrected chi connectivity index (χ0v) is 17.8. The van der Waals surface area contributed by atoms with Crippen molar-refractivity contribution in [3.63, 3.8) is 0 Å². The number of benzene rings is 3. The van der Waals surface area contributed by atoms with E-state index in [9.17, 15) is 26.4 Å². The second-order valence-electron chi connectivity index (χ2n) is 6.93. The lowest BCUT2D eigenvalue weighted by Crippen LogP contribution is -2.18. The van der Waals surface area contributed by atoms with E-state index in [4.69, 9.17) is 0 Å². The van der Waals surface area contributed by atoms with Gasteiger partial charge in [0.2, 0.25) is 0 Å². The highest BCUT2D eigenvalue weighted by Gasteiger charge is 2.31. The number of rotatable bonds is 6. The van der Waals surface area contributed by atoms with E-state index >= 15 is 0 Å². The molecule has 1 amide bonds. The number of ether oxygens (including phenoxy) is 1. The Morgan fingerprint density at radius 2 is 1.56 bits per heavy atom. The van der Waals surface area contributed by atoms with Crippen LogP contribution in [0.15, 0.2) is 71.6 Å². The predicted molar refractivity (Wildman–Crippen MR) is 114 cm³/mol. The molecule has 0 fully saturated rings. The van der Waals surface area contributed by atoms with Crippen LogP contribution in [-0.2, 0) is 10.0 Å². The van der Waals surface area contributed by atoms with E-state index in [1.807, 2.05) is 0 Å². The summed E-state index contributed by atoms with van der Waals surface area (Å²) in [4.78, 5) is 12.5. The fourth-order valence-corrected chi connectivity index (χ4v) is 4.26. The highest BCUT2D eigenvalue weighted by Crippen LogP contribution is 2.25. The van der Waals surface area contributed by atoms with Gasteiger partial charge in [-0.25, -0.2) is 8.42 Å². The van der Waals surface area contributed by atoms with Crippen LogP contribution in [0.5, 0.6) is 5.75 Å². The lowest BCUT2D eigenvalue weighted by molar-refractivity contribution is -0.274. The number of carbonyl (C=O) groups is 1. The molecule has 0 aromatic heterocycles. The highest BCUT2D eigenvalue weighted by atomic mass is 32.2. The van der Waals surface area contributed by atoms with Gasteiger partial charge in [-0.2, -0.15) is 0 Å². The largest absolute Gasteiger partial charge is 0.573 e. The van der Waals surface area contributed by atoms with Gasteiger partial charge in [0.1, 0.15) is 5.75 Å². The molecule has 168 valence electrons. The Morgan fingerprint density at radius 1 is 0.906 bits per heavy atom. The Kier molecular flexibility index (Phi) is 6.45. The third-order valence-corrected chi connectivity index (χ3v) is 5.98. The van der Waals surface area contributed by atoms with E-state index in [1.165, 1.54) is 30.3 Å². The number of anilines is 2. The molecular formula is C22H19F3N2O4S. The first-order valence-corrected chi connectivity index (χ1v) is 10.8. The van der Waals surface area contributed by atoms with Gasteiger partial charge in [-0.3, -0.25) is 9.52 Å². The quantitative estimate of drug-likeness (QED) is 0.522. The minimum absolute atomic E-state index is 0.0661. The molecular weight excluding hydrogens is 445 g/mol. The van der Waals surface area contributed by atoms with Crippen molar-refractivity contribution in [2.75, 3.05) is 10.0 Å². The average molecular weight is 464 g/mol. The molecule has 0 aliphatic rings. The number of aryl methyl sites for hydroxylation is 2. The summed E-state index contributed by atoms with van der Waals surface area (Å²) in [6.07, 6.45) is -4.82. The van der Waals surface area contributed by atoms with Gasteiger partial charge in [-0.1, -0.05) is 24.3 Å². The summed E-state index contributed by atoms with van der Waals surface area (Å²) in [7, 11) is -3.97. The van der Waals surface area contributed by atoms with Gasteiger partial charge in [0.05, 0.1) is 10.6 Å². The highest BCUT2D eigenvalue weighted by molar-refractivity contribution is 7.92. The van der Waals surface area contributed by atoms with Crippen molar-refractivity contribution in [3.8, 4) is 5.75 Å². The maximum absolute atomic E-state index is 12.9. The molecule has 0 saturated heterocycles. The van der Waals surface area contributed by atoms with Crippen LogP contribution in [0, 0.1) is 13.8 Å². The zero-order valence-electron chi connectivity index (χ0n) is 17.0. The average Bonchev–Trinajstić information content (AvgIpc) is 2.70. The van der Waals surface area contributed by atoms with E-state index < -0.39 is 28.0 Å². The van der Waals surface area contributed by atoms with Gasteiger partial charge in [-0.15, -0.1) is 13.2 Å². The van der Waals surface area contributed by atoms with Gasteiger partial charge >= 0.3 is 6.36 Å². The maximum Gasteiger partial charge on any atom is 0.573 e. The Morgan fingerprint density at radius 3 is 2.19 bits per heavy atom. The molecule has 0 bridgehead atoms. The molecule has 0 aliphatic heterocycles. The van der Waals surface area contributed by atoms with Gasteiger partial charge in [-0.05, 0) is 67.4 Å². The van der Waals surface area contributed by atoms with Crippen LogP contribution in [0.25, 0.3) is 0 Å². The second-order valence-corrected chi connectivity index (χ2v) is 8.58. The Bertz CT molecular complexity index is 1240. The van der Waals surface area contributed by atoms with Crippen molar-refractivity contribution in [1.29, 1.82) is 0 Å².